The van der Waals surface area contributed by atoms with Gasteiger partial charge in [0, 0.05) is 50.6 Å². The molecule has 1 aromatic heterocycles. The van der Waals surface area contributed by atoms with E-state index >= 15 is 0 Å². The zero-order chi connectivity index (χ0) is 16.0. The maximum absolute atomic E-state index is 12.6. The lowest BCUT2D eigenvalue weighted by Gasteiger charge is -2.39. The summed E-state index contributed by atoms with van der Waals surface area (Å²) in [6, 6.07) is 8.01. The van der Waals surface area contributed by atoms with E-state index in [0.29, 0.717) is 19.0 Å². The van der Waals surface area contributed by atoms with Crippen LogP contribution in [0, 0.1) is 0 Å². The third-order valence-corrected chi connectivity index (χ3v) is 4.66. The average Bonchev–Trinajstić information content (AvgIpc) is 3.25. The van der Waals surface area contributed by atoms with Crippen molar-refractivity contribution >= 4 is 11.6 Å². The molecule has 1 saturated carbocycles. The lowest BCUT2D eigenvalue weighted by Crippen LogP contribution is -2.50. The first-order chi connectivity index (χ1) is 11.1. The Kier molecular flexibility index (Phi) is 3.32. The highest BCUT2D eigenvalue weighted by molar-refractivity contribution is 5.95. The maximum atomic E-state index is 12.6. The van der Waals surface area contributed by atoms with Crippen LogP contribution in [0.2, 0.25) is 0 Å². The zero-order valence-corrected chi connectivity index (χ0v) is 13.5. The van der Waals surface area contributed by atoms with E-state index in [1.54, 1.807) is 0 Å². The molecular formula is C17H21N5O. The van der Waals surface area contributed by atoms with Crippen molar-refractivity contribution in [3.63, 3.8) is 0 Å². The number of hydrogen-bond acceptors (Lipinski definition) is 4. The van der Waals surface area contributed by atoms with Gasteiger partial charge in [0.25, 0.3) is 5.91 Å². The van der Waals surface area contributed by atoms with Crippen LogP contribution in [0.1, 0.15) is 40.9 Å². The first-order valence-corrected chi connectivity index (χ1v) is 8.10. The van der Waals surface area contributed by atoms with Crippen LogP contribution in [0.25, 0.3) is 0 Å². The predicted octanol–water partition coefficient (Wildman–Crippen LogP) is 1.92. The Labute approximate surface area is 135 Å². The standard InChI is InChI=1S/C17H21N5O/c1-20(2)14-5-3-4-13(8-14)17(23)21-9-15(10-21)22-11-16(18-19-22)12-6-7-12/h3-5,8,11-12,15H,6-7,9-10H2,1-2H3. The average molecular weight is 311 g/mol. The number of benzene rings is 1. The van der Waals surface area contributed by atoms with Crippen LogP contribution in [0.4, 0.5) is 5.69 Å². The third kappa shape index (κ3) is 2.69. The largest absolute Gasteiger partial charge is 0.378 e. The van der Waals surface area contributed by atoms with Gasteiger partial charge in [-0.15, -0.1) is 5.10 Å². The fourth-order valence-corrected chi connectivity index (χ4v) is 2.92. The van der Waals surface area contributed by atoms with Gasteiger partial charge in [-0.05, 0) is 31.0 Å². The minimum atomic E-state index is 0.0903. The Morgan fingerprint density at radius 1 is 1.26 bits per heavy atom. The number of carbonyl (C=O) groups excluding carboxylic acids is 1. The van der Waals surface area contributed by atoms with Gasteiger partial charge >= 0.3 is 0 Å². The summed E-state index contributed by atoms with van der Waals surface area (Å²) < 4.78 is 1.92. The molecule has 0 spiro atoms. The van der Waals surface area contributed by atoms with Crippen LogP contribution >= 0.6 is 0 Å². The van der Waals surface area contributed by atoms with Gasteiger partial charge in [0.2, 0.25) is 0 Å². The molecule has 6 heteroatoms. The smallest absolute Gasteiger partial charge is 0.254 e. The zero-order valence-electron chi connectivity index (χ0n) is 13.5. The van der Waals surface area contributed by atoms with Gasteiger partial charge in [0.1, 0.15) is 0 Å². The van der Waals surface area contributed by atoms with Crippen molar-refractivity contribution in [1.82, 2.24) is 19.9 Å². The fraction of sp³-hybridized carbons (Fsp3) is 0.471. The van der Waals surface area contributed by atoms with Crippen LogP contribution in [0.3, 0.4) is 0 Å². The monoisotopic (exact) mass is 311 g/mol. The second kappa shape index (κ2) is 5.37. The molecule has 2 aromatic rings. The number of hydrogen-bond donors (Lipinski definition) is 0. The number of carbonyl (C=O) groups is 1. The number of anilines is 1. The number of aromatic nitrogens is 3. The highest BCUT2D eigenvalue weighted by Crippen LogP contribution is 2.39. The SMILES string of the molecule is CN(C)c1cccc(C(=O)N2CC(n3cc(C4CC4)nn3)C2)c1. The van der Waals surface area contributed by atoms with E-state index in [0.717, 1.165) is 16.9 Å². The lowest BCUT2D eigenvalue weighted by atomic mass is 10.1. The summed E-state index contributed by atoms with van der Waals surface area (Å²) in [5, 5.41) is 8.47. The first-order valence-electron chi connectivity index (χ1n) is 8.10. The molecule has 23 heavy (non-hydrogen) atoms. The van der Waals surface area contributed by atoms with Gasteiger partial charge in [-0.2, -0.15) is 0 Å². The van der Waals surface area contributed by atoms with Gasteiger partial charge in [-0.3, -0.25) is 4.79 Å². The molecule has 0 atom stereocenters. The quantitative estimate of drug-likeness (QED) is 0.865. The minimum absolute atomic E-state index is 0.0903. The van der Waals surface area contributed by atoms with Crippen molar-refractivity contribution < 1.29 is 4.79 Å². The van der Waals surface area contributed by atoms with Crippen LogP contribution < -0.4 is 4.90 Å². The molecule has 4 rings (SSSR count). The molecule has 120 valence electrons. The molecule has 1 aliphatic heterocycles. The van der Waals surface area contributed by atoms with Crippen molar-refractivity contribution in [2.45, 2.75) is 24.8 Å². The minimum Gasteiger partial charge on any atom is -0.378 e. The summed E-state index contributed by atoms with van der Waals surface area (Å²) in [5.74, 6) is 0.711. The van der Waals surface area contributed by atoms with E-state index in [-0.39, 0.29) is 11.9 Å². The normalized spacial score (nSPS) is 17.9. The third-order valence-electron chi connectivity index (χ3n) is 4.66. The van der Waals surface area contributed by atoms with Crippen LogP contribution in [0.15, 0.2) is 30.5 Å². The number of likely N-dealkylation sites (tertiary alicyclic amines) is 1. The first kappa shape index (κ1) is 14.2. The second-order valence-electron chi connectivity index (χ2n) is 6.71. The number of amides is 1. The molecule has 0 N–H and O–H groups in total. The topological polar surface area (TPSA) is 54.3 Å². The summed E-state index contributed by atoms with van der Waals surface area (Å²) in [6.45, 7) is 1.41. The number of nitrogens with zero attached hydrogens (tertiary/aromatic N) is 5. The van der Waals surface area contributed by atoms with E-state index in [2.05, 4.69) is 16.5 Å². The molecule has 1 saturated heterocycles. The van der Waals surface area contributed by atoms with Crippen molar-refractivity contribution in [3.05, 3.63) is 41.7 Å². The Morgan fingerprint density at radius 3 is 2.74 bits per heavy atom. The molecule has 6 nitrogen and oxygen atoms in total. The molecule has 0 bridgehead atoms. The molecule has 2 fully saturated rings. The van der Waals surface area contributed by atoms with Crippen molar-refractivity contribution in [1.29, 1.82) is 0 Å². The summed E-state index contributed by atoms with van der Waals surface area (Å²) in [5.41, 5.74) is 2.89. The summed E-state index contributed by atoms with van der Waals surface area (Å²) >= 11 is 0. The molecule has 1 amide bonds. The van der Waals surface area contributed by atoms with E-state index in [1.165, 1.54) is 12.8 Å². The predicted molar refractivity (Wildman–Crippen MR) is 87.7 cm³/mol. The van der Waals surface area contributed by atoms with Gasteiger partial charge in [0.05, 0.1) is 11.7 Å². The van der Waals surface area contributed by atoms with Gasteiger partial charge in [0.15, 0.2) is 0 Å². The highest BCUT2D eigenvalue weighted by Gasteiger charge is 2.34. The molecular weight excluding hydrogens is 290 g/mol. The van der Waals surface area contributed by atoms with E-state index in [9.17, 15) is 4.79 Å². The van der Waals surface area contributed by atoms with Gasteiger partial charge < -0.3 is 9.80 Å². The van der Waals surface area contributed by atoms with E-state index < -0.39 is 0 Å². The molecule has 0 unspecified atom stereocenters. The summed E-state index contributed by atoms with van der Waals surface area (Å²) in [4.78, 5) is 16.4. The molecule has 2 aliphatic rings. The van der Waals surface area contributed by atoms with Gasteiger partial charge in [-0.25, -0.2) is 4.68 Å². The van der Waals surface area contributed by atoms with Crippen LogP contribution in [0.5, 0.6) is 0 Å². The van der Waals surface area contributed by atoms with Crippen molar-refractivity contribution in [2.24, 2.45) is 0 Å². The number of rotatable bonds is 4. The van der Waals surface area contributed by atoms with E-state index in [4.69, 9.17) is 0 Å². The molecule has 2 heterocycles. The summed E-state index contributed by atoms with van der Waals surface area (Å²) in [7, 11) is 3.96. The van der Waals surface area contributed by atoms with Crippen molar-refractivity contribution in [3.8, 4) is 0 Å². The van der Waals surface area contributed by atoms with Gasteiger partial charge in [-0.1, -0.05) is 11.3 Å². The second-order valence-corrected chi connectivity index (χ2v) is 6.71. The highest BCUT2D eigenvalue weighted by atomic mass is 16.2. The van der Waals surface area contributed by atoms with Crippen LogP contribution in [-0.4, -0.2) is 53.0 Å². The van der Waals surface area contributed by atoms with E-state index in [1.807, 2.05) is 52.8 Å². The van der Waals surface area contributed by atoms with Crippen molar-refractivity contribution in [2.75, 3.05) is 32.1 Å². The Hall–Kier alpha value is -2.37. The molecule has 1 aliphatic carbocycles. The Balaban J connectivity index is 1.40. The lowest BCUT2D eigenvalue weighted by molar-refractivity contribution is 0.0498. The molecule has 0 radical (unpaired) electrons. The fourth-order valence-electron chi connectivity index (χ4n) is 2.92. The summed E-state index contributed by atoms with van der Waals surface area (Å²) in [6.07, 6.45) is 4.52. The Morgan fingerprint density at radius 2 is 2.04 bits per heavy atom. The maximum Gasteiger partial charge on any atom is 0.254 e. The van der Waals surface area contributed by atoms with Crippen LogP contribution in [-0.2, 0) is 0 Å². The molecule has 1 aromatic carbocycles. The Bertz CT molecular complexity index is 728.